The number of aryl methyl sites for hydroxylation is 1. The number of benzene rings is 2. The Labute approximate surface area is 188 Å². The zero-order chi connectivity index (χ0) is 22.5. The first-order valence-corrected chi connectivity index (χ1v) is 12.4. The summed E-state index contributed by atoms with van der Waals surface area (Å²) in [5.41, 5.74) is 2.59. The van der Waals surface area contributed by atoms with Crippen LogP contribution in [-0.2, 0) is 14.8 Å². The molecular formula is C25H26N2O4S. The van der Waals surface area contributed by atoms with Crippen LogP contribution in [0.1, 0.15) is 35.4 Å². The lowest BCUT2D eigenvalue weighted by molar-refractivity contribution is -0.158. The first-order valence-electron chi connectivity index (χ1n) is 11.0. The number of sulfonamides is 1. The summed E-state index contributed by atoms with van der Waals surface area (Å²) < 4.78 is 27.9. The molecule has 0 spiro atoms. The van der Waals surface area contributed by atoms with Crippen molar-refractivity contribution in [3.63, 3.8) is 0 Å². The van der Waals surface area contributed by atoms with E-state index in [1.807, 2.05) is 24.3 Å². The number of carbonyl (C=O) groups is 1. The van der Waals surface area contributed by atoms with Crippen LogP contribution < -0.4 is 0 Å². The van der Waals surface area contributed by atoms with Gasteiger partial charge in [0.1, 0.15) is 0 Å². The number of nitrogens with zero attached hydrogens (tertiary/aromatic N) is 2. The quantitative estimate of drug-likeness (QED) is 0.724. The van der Waals surface area contributed by atoms with E-state index < -0.39 is 10.0 Å². The highest BCUT2D eigenvalue weighted by atomic mass is 32.2. The third-order valence-corrected chi connectivity index (χ3v) is 8.70. The van der Waals surface area contributed by atoms with Crippen molar-refractivity contribution >= 4 is 15.9 Å². The molecule has 1 amide bonds. The van der Waals surface area contributed by atoms with Crippen LogP contribution in [0, 0.1) is 24.7 Å². The van der Waals surface area contributed by atoms with Gasteiger partial charge in [0.2, 0.25) is 15.9 Å². The van der Waals surface area contributed by atoms with Gasteiger partial charge in [0.25, 0.3) is 0 Å². The molecule has 32 heavy (non-hydrogen) atoms. The van der Waals surface area contributed by atoms with Crippen molar-refractivity contribution in [1.29, 1.82) is 0 Å². The number of aliphatic hydroxyl groups is 1. The van der Waals surface area contributed by atoms with Gasteiger partial charge in [0.05, 0.1) is 30.1 Å². The van der Waals surface area contributed by atoms with E-state index in [2.05, 4.69) is 11.8 Å². The van der Waals surface area contributed by atoms with Crippen LogP contribution in [0.5, 0.6) is 0 Å². The van der Waals surface area contributed by atoms with Crippen molar-refractivity contribution < 1.29 is 18.3 Å². The maximum atomic E-state index is 13.3. The van der Waals surface area contributed by atoms with Crippen LogP contribution in [-0.4, -0.2) is 60.4 Å². The van der Waals surface area contributed by atoms with Gasteiger partial charge in [-0.3, -0.25) is 4.79 Å². The van der Waals surface area contributed by atoms with Crippen LogP contribution in [0.2, 0.25) is 0 Å². The van der Waals surface area contributed by atoms with Crippen molar-refractivity contribution in [2.75, 3.05) is 19.7 Å². The molecule has 0 radical (unpaired) electrons. The Morgan fingerprint density at radius 1 is 1.09 bits per heavy atom. The number of rotatable bonds is 4. The zero-order valence-electron chi connectivity index (χ0n) is 17.9. The molecule has 1 saturated carbocycles. The molecule has 0 aromatic heterocycles. The summed E-state index contributed by atoms with van der Waals surface area (Å²) in [6.07, 6.45) is 2.36. The summed E-state index contributed by atoms with van der Waals surface area (Å²) in [6, 6.07) is 14.1. The molecular weight excluding hydrogens is 424 g/mol. The smallest absolute Gasteiger partial charge is 0.243 e. The number of aliphatic hydroxyl groups excluding tert-OH is 1. The van der Waals surface area contributed by atoms with E-state index in [1.165, 1.54) is 17.1 Å². The monoisotopic (exact) mass is 450 g/mol. The minimum absolute atomic E-state index is 0.121. The summed E-state index contributed by atoms with van der Waals surface area (Å²) in [4.78, 5) is 14.8. The third-order valence-electron chi connectivity index (χ3n) is 6.73. The second-order valence-corrected chi connectivity index (χ2v) is 10.8. The van der Waals surface area contributed by atoms with E-state index in [0.717, 1.165) is 11.1 Å². The molecule has 3 fully saturated rings. The van der Waals surface area contributed by atoms with Gasteiger partial charge in [0.15, 0.2) is 0 Å². The van der Waals surface area contributed by atoms with Crippen molar-refractivity contribution in [3.8, 4) is 11.8 Å². The Kier molecular flexibility index (Phi) is 5.32. The molecule has 0 unspecified atom stereocenters. The van der Waals surface area contributed by atoms with Crippen molar-refractivity contribution in [2.24, 2.45) is 5.92 Å². The van der Waals surface area contributed by atoms with E-state index in [0.29, 0.717) is 11.5 Å². The number of amides is 1. The van der Waals surface area contributed by atoms with E-state index in [-0.39, 0.29) is 48.5 Å². The van der Waals surface area contributed by atoms with Crippen molar-refractivity contribution in [2.45, 2.75) is 42.7 Å². The lowest BCUT2D eigenvalue weighted by Crippen LogP contribution is -2.73. The molecule has 7 heteroatoms. The molecule has 2 aliphatic heterocycles. The molecule has 6 nitrogen and oxygen atoms in total. The van der Waals surface area contributed by atoms with Crippen molar-refractivity contribution in [3.05, 3.63) is 65.2 Å². The van der Waals surface area contributed by atoms with Gasteiger partial charge >= 0.3 is 0 Å². The summed E-state index contributed by atoms with van der Waals surface area (Å²) in [5, 5.41) is 9.97. The van der Waals surface area contributed by atoms with Crippen LogP contribution in [0.25, 0.3) is 0 Å². The molecule has 5 rings (SSSR count). The largest absolute Gasteiger partial charge is 0.394 e. The van der Waals surface area contributed by atoms with Crippen LogP contribution >= 0.6 is 0 Å². The van der Waals surface area contributed by atoms with E-state index in [1.54, 1.807) is 36.1 Å². The summed E-state index contributed by atoms with van der Waals surface area (Å²) >= 11 is 0. The standard InChI is InChI=1S/C25H26N2O4S/c1-17-4-2-3-5-23(17)32(30,31)26-14-21-25(22(16-28)27(21)24(29)15-26)20-12-10-19(11-13-20)9-8-18-6-7-18/h2-5,10-13,18,21-22,25,28H,6-7,14-16H2,1H3/t21-,22+,25-/m0/s1. The highest BCUT2D eigenvalue weighted by molar-refractivity contribution is 7.89. The fraction of sp³-hybridized carbons (Fsp3) is 0.400. The molecule has 1 aliphatic carbocycles. The molecule has 0 bridgehead atoms. The Morgan fingerprint density at radius 2 is 1.81 bits per heavy atom. The number of hydrogen-bond donors (Lipinski definition) is 1. The van der Waals surface area contributed by atoms with Gasteiger partial charge in [-0.1, -0.05) is 42.2 Å². The van der Waals surface area contributed by atoms with E-state index in [4.69, 9.17) is 0 Å². The SMILES string of the molecule is Cc1ccccc1S(=O)(=O)N1CC(=O)N2[C@H](CO)[C@@H](c3ccc(C#CC4CC4)cc3)[C@@H]2C1. The minimum atomic E-state index is -3.79. The van der Waals surface area contributed by atoms with Crippen LogP contribution in [0.3, 0.4) is 0 Å². The average Bonchev–Trinajstić information content (AvgIpc) is 3.59. The fourth-order valence-corrected chi connectivity index (χ4v) is 6.47. The summed E-state index contributed by atoms with van der Waals surface area (Å²) in [6.45, 7) is 1.62. The maximum Gasteiger partial charge on any atom is 0.243 e. The van der Waals surface area contributed by atoms with Crippen LogP contribution in [0.4, 0.5) is 0 Å². The highest BCUT2D eigenvalue weighted by Gasteiger charge is 2.55. The third kappa shape index (κ3) is 3.62. The summed E-state index contributed by atoms with van der Waals surface area (Å²) in [5.74, 6) is 6.59. The number of carbonyl (C=O) groups excluding carboxylic acids is 1. The maximum absolute atomic E-state index is 13.3. The molecule has 1 N–H and O–H groups in total. The molecule has 3 aliphatic rings. The molecule has 2 aromatic carbocycles. The Balaban J connectivity index is 1.41. The Hall–Kier alpha value is -2.66. The predicted octanol–water partition coefficient (Wildman–Crippen LogP) is 2.12. The number of fused-ring (bicyclic) bond motifs is 1. The van der Waals surface area contributed by atoms with Crippen LogP contribution in [0.15, 0.2) is 53.4 Å². The van der Waals surface area contributed by atoms with E-state index >= 15 is 0 Å². The molecule has 166 valence electrons. The Morgan fingerprint density at radius 3 is 2.47 bits per heavy atom. The van der Waals surface area contributed by atoms with Gasteiger partial charge < -0.3 is 10.0 Å². The van der Waals surface area contributed by atoms with Gasteiger partial charge in [-0.05, 0) is 49.1 Å². The lowest BCUT2D eigenvalue weighted by atomic mass is 9.74. The predicted molar refractivity (Wildman–Crippen MR) is 120 cm³/mol. The lowest BCUT2D eigenvalue weighted by Gasteiger charge is -2.58. The Bertz CT molecular complexity index is 1210. The summed E-state index contributed by atoms with van der Waals surface area (Å²) in [7, 11) is -3.79. The number of piperazine rings is 1. The van der Waals surface area contributed by atoms with Gasteiger partial charge in [-0.2, -0.15) is 4.31 Å². The van der Waals surface area contributed by atoms with E-state index in [9.17, 15) is 18.3 Å². The highest BCUT2D eigenvalue weighted by Crippen LogP contribution is 2.43. The topological polar surface area (TPSA) is 77.9 Å². The first-order chi connectivity index (χ1) is 15.4. The second kappa shape index (κ2) is 8.04. The molecule has 2 heterocycles. The molecule has 3 atom stereocenters. The normalized spacial score (nSPS) is 25.5. The molecule has 2 aromatic rings. The zero-order valence-corrected chi connectivity index (χ0v) is 18.8. The second-order valence-electron chi connectivity index (χ2n) is 8.87. The fourth-order valence-electron chi connectivity index (χ4n) is 4.84. The van der Waals surface area contributed by atoms with Gasteiger partial charge in [-0.25, -0.2) is 8.42 Å². The van der Waals surface area contributed by atoms with Crippen molar-refractivity contribution in [1.82, 2.24) is 9.21 Å². The molecule has 2 saturated heterocycles. The number of hydrogen-bond acceptors (Lipinski definition) is 4. The van der Waals surface area contributed by atoms with Gasteiger partial charge in [0, 0.05) is 23.9 Å². The van der Waals surface area contributed by atoms with Gasteiger partial charge in [-0.15, -0.1) is 0 Å². The minimum Gasteiger partial charge on any atom is -0.394 e. The average molecular weight is 451 g/mol. The first kappa shape index (κ1) is 21.2.